The van der Waals surface area contributed by atoms with Crippen molar-refractivity contribution in [1.29, 1.82) is 0 Å². The Morgan fingerprint density at radius 1 is 1.02 bits per heavy atom. The Morgan fingerprint density at radius 3 is 2.56 bits per heavy atom. The van der Waals surface area contributed by atoms with Crippen LogP contribution in [0.1, 0.15) is 117 Å². The summed E-state index contributed by atoms with van der Waals surface area (Å²) < 4.78 is 27.0. The normalized spacial score (nSPS) is 43.4. The van der Waals surface area contributed by atoms with Crippen molar-refractivity contribution >= 4 is 22.5 Å². The quantitative estimate of drug-likeness (QED) is 0.146. The minimum atomic E-state index is -1.82. The lowest BCUT2D eigenvalue weighted by Crippen LogP contribution is -2.81. The van der Waals surface area contributed by atoms with E-state index >= 15 is 0 Å². The summed E-state index contributed by atoms with van der Waals surface area (Å²) in [5.74, 6) is -3.22. The topological polar surface area (TPSA) is 237 Å². The molecule has 64 heavy (non-hydrogen) atoms. The van der Waals surface area contributed by atoms with E-state index in [1.165, 1.54) is 50.7 Å². The summed E-state index contributed by atoms with van der Waals surface area (Å²) in [5, 5.41) is 81.0. The number of Topliss-reactive ketones (excluding diaryl/α,β-unsaturated/α-hetero) is 1. The lowest BCUT2D eigenvalue weighted by atomic mass is 9.39. The molecule has 14 unspecified atom stereocenters. The number of benzene rings is 2. The van der Waals surface area contributed by atoms with E-state index < -0.39 is 76.6 Å². The first kappa shape index (κ1) is 41.8. The number of rotatable bonds is 6. The van der Waals surface area contributed by atoms with Crippen LogP contribution in [0.2, 0.25) is 0 Å². The maximum atomic E-state index is 12.9. The lowest BCUT2D eigenvalue weighted by molar-refractivity contribution is -0.337. The molecule has 4 saturated heterocycles. The van der Waals surface area contributed by atoms with Crippen LogP contribution in [-0.4, -0.2) is 121 Å². The second kappa shape index (κ2) is 14.0. The third-order valence-electron chi connectivity index (χ3n) is 18.7. The van der Waals surface area contributed by atoms with Crippen molar-refractivity contribution < 1.29 is 64.3 Å². The molecule has 5 aliphatic carbocycles. The van der Waals surface area contributed by atoms with Crippen LogP contribution >= 0.6 is 0 Å². The van der Waals surface area contributed by atoms with E-state index in [0.29, 0.717) is 37.9 Å². The average molecular weight is 885 g/mol. The Balaban J connectivity index is 0.981. The monoisotopic (exact) mass is 884 g/mol. The largest absolute Gasteiger partial charge is 0.507 e. The van der Waals surface area contributed by atoms with E-state index in [0.717, 1.165) is 43.4 Å². The lowest BCUT2D eigenvalue weighted by Gasteiger charge is -2.71. The second-order valence-corrected chi connectivity index (χ2v) is 21.7. The van der Waals surface area contributed by atoms with Gasteiger partial charge in [0.1, 0.15) is 41.2 Å². The molecule has 12 rings (SSSR count). The molecule has 0 aromatic heterocycles. The maximum Gasteiger partial charge on any atom is 0.335 e. The van der Waals surface area contributed by atoms with Crippen LogP contribution in [0, 0.1) is 40.9 Å². The molecule has 8 fully saturated rings. The van der Waals surface area contributed by atoms with E-state index in [-0.39, 0.29) is 81.9 Å². The molecule has 5 aliphatic heterocycles. The zero-order valence-electron chi connectivity index (χ0n) is 36.4. The third-order valence-corrected chi connectivity index (χ3v) is 18.7. The summed E-state index contributed by atoms with van der Waals surface area (Å²) in [4.78, 5) is 25.2. The minimum Gasteiger partial charge on any atom is -0.507 e. The standard InChI is InChI=1S/C49H60N2O13/c1-22-34(23(2)53)38(56)36-27(37(22)55)13-24(43(59)60)14-32(36)62-44-39(57)41(58)49-16-29-35-26(31(64-49)8-7-30(54)42(49)63-44)5-6-28(35)47(11-12-52)21-61-18-25-15-46-19-45(9-3-4-10-45)17-33(46)50-51-48(29,20-46)40(25)47/h6,13-14,25,29-31,33,39-42,44,50-52,54-58H,3-5,7-12,15-21H2,1-2H3,(H,59,60). The first-order valence-corrected chi connectivity index (χ1v) is 23.6. The zero-order valence-corrected chi connectivity index (χ0v) is 36.4. The van der Waals surface area contributed by atoms with Crippen LogP contribution in [0.15, 0.2) is 34.9 Å². The summed E-state index contributed by atoms with van der Waals surface area (Å²) in [7, 11) is 0. The number of carboxylic acid groups (broad SMARTS) is 1. The highest BCUT2D eigenvalue weighted by Gasteiger charge is 2.76. The number of ketones is 1. The summed E-state index contributed by atoms with van der Waals surface area (Å²) in [6.45, 7) is 3.79. The van der Waals surface area contributed by atoms with Crippen molar-refractivity contribution in [2.24, 2.45) is 34.0 Å². The fraction of sp³-hybridized carbons (Fsp3) is 0.673. The number of aromatic carboxylic acids is 1. The van der Waals surface area contributed by atoms with Crippen molar-refractivity contribution in [2.45, 2.75) is 151 Å². The van der Waals surface area contributed by atoms with Crippen LogP contribution in [0.5, 0.6) is 17.2 Å². The van der Waals surface area contributed by atoms with E-state index in [9.17, 15) is 45.3 Å². The van der Waals surface area contributed by atoms with Gasteiger partial charge in [0.05, 0.1) is 35.3 Å². The summed E-state index contributed by atoms with van der Waals surface area (Å²) in [6, 6.07) is 2.55. The van der Waals surface area contributed by atoms with Crippen molar-refractivity contribution in [3.63, 3.8) is 0 Å². The summed E-state index contributed by atoms with van der Waals surface area (Å²) in [5.41, 5.74) is 8.69. The molecule has 344 valence electrons. The van der Waals surface area contributed by atoms with Gasteiger partial charge < -0.3 is 54.7 Å². The molecule has 0 radical (unpaired) electrons. The molecule has 2 aromatic carbocycles. The Kier molecular flexibility index (Phi) is 9.11. The number of hydrazine groups is 1. The van der Waals surface area contributed by atoms with Crippen LogP contribution in [0.3, 0.4) is 0 Å². The van der Waals surface area contributed by atoms with E-state index in [4.69, 9.17) is 18.9 Å². The van der Waals surface area contributed by atoms with E-state index in [1.807, 2.05) is 0 Å². The van der Waals surface area contributed by atoms with Gasteiger partial charge in [0.2, 0.25) is 6.29 Å². The van der Waals surface area contributed by atoms with Gasteiger partial charge in [-0.2, -0.15) is 0 Å². The third kappa shape index (κ3) is 5.30. The van der Waals surface area contributed by atoms with E-state index in [2.05, 4.69) is 16.9 Å². The Hall–Kier alpha value is -3.64. The van der Waals surface area contributed by atoms with Crippen LogP contribution < -0.4 is 15.6 Å². The number of carboxylic acids is 1. The number of phenols is 2. The Morgan fingerprint density at radius 2 is 1.81 bits per heavy atom. The molecule has 4 bridgehead atoms. The van der Waals surface area contributed by atoms with Gasteiger partial charge >= 0.3 is 5.97 Å². The molecular weight excluding hydrogens is 825 g/mol. The Labute approximate surface area is 370 Å². The van der Waals surface area contributed by atoms with Gasteiger partial charge in [-0.15, -0.1) is 0 Å². The second-order valence-electron chi connectivity index (χ2n) is 21.7. The number of ether oxygens (including phenoxy) is 4. The number of hydrogen-bond donors (Lipinski definition) is 9. The average Bonchev–Trinajstić information content (AvgIpc) is 3.94. The van der Waals surface area contributed by atoms with Gasteiger partial charge in [-0.25, -0.2) is 4.79 Å². The van der Waals surface area contributed by atoms with Crippen molar-refractivity contribution in [2.75, 3.05) is 19.8 Å². The molecule has 4 saturated carbocycles. The molecule has 10 aliphatic rings. The smallest absolute Gasteiger partial charge is 0.335 e. The predicted octanol–water partition coefficient (Wildman–Crippen LogP) is 4.21. The molecule has 14 atom stereocenters. The Bertz CT molecular complexity index is 2440. The number of carbonyl (C=O) groups excluding carboxylic acids is 1. The van der Waals surface area contributed by atoms with Gasteiger partial charge in [0.25, 0.3) is 0 Å². The van der Waals surface area contributed by atoms with Crippen LogP contribution in [-0.2, 0) is 14.2 Å². The van der Waals surface area contributed by atoms with Crippen molar-refractivity contribution in [1.82, 2.24) is 10.9 Å². The number of hydrogen-bond acceptors (Lipinski definition) is 14. The predicted molar refractivity (Wildman–Crippen MR) is 227 cm³/mol. The van der Waals surface area contributed by atoms with Gasteiger partial charge in [-0.05, 0) is 136 Å². The number of aromatic hydroxyl groups is 2. The number of nitrogens with one attached hydrogen (secondary N) is 2. The highest BCUT2D eigenvalue weighted by Crippen LogP contribution is 2.75. The van der Waals surface area contributed by atoms with Crippen LogP contribution in [0.25, 0.3) is 10.8 Å². The number of allylic oxidation sites excluding steroid dienone is 1. The first-order chi connectivity index (χ1) is 30.6. The molecule has 15 nitrogen and oxygen atoms in total. The summed E-state index contributed by atoms with van der Waals surface area (Å²) in [6.07, 6.45) is 5.36. The highest BCUT2D eigenvalue weighted by atomic mass is 16.7. The first-order valence-electron chi connectivity index (χ1n) is 23.6. The minimum absolute atomic E-state index is 0.00710. The molecule has 0 amide bonds. The number of fused-ring (bicyclic) bond motifs is 4. The molecule has 5 heterocycles. The molecule has 9 N–H and O–H groups in total. The van der Waals surface area contributed by atoms with Crippen LogP contribution in [0.4, 0.5) is 0 Å². The van der Waals surface area contributed by atoms with Gasteiger partial charge in [0, 0.05) is 47.1 Å². The number of aliphatic hydroxyl groups excluding tert-OH is 4. The van der Waals surface area contributed by atoms with Crippen molar-refractivity contribution in [3.05, 3.63) is 51.6 Å². The van der Waals surface area contributed by atoms with Gasteiger partial charge in [0.15, 0.2) is 5.78 Å². The number of phenolic OH excluding ortho intramolecular Hbond substituents is 2. The molecular formula is C49H60N2O13. The van der Waals surface area contributed by atoms with Gasteiger partial charge in [-0.1, -0.05) is 18.9 Å². The SMILES string of the molecule is CC(=O)c1c(C)c(O)c2cc(C(=O)O)cc(OC3OC4C(O)CCC5OC4(CC4C6=C5CC=C6C5(CCO)COCC6CC78CC9(CCCC9)CC7NNC4(C8)C65)C(O)C3O)c2c1O. The van der Waals surface area contributed by atoms with Gasteiger partial charge in [-0.3, -0.25) is 15.6 Å². The fourth-order valence-corrected chi connectivity index (χ4v) is 16.7. The van der Waals surface area contributed by atoms with Crippen molar-refractivity contribution in [3.8, 4) is 17.2 Å². The highest BCUT2D eigenvalue weighted by molar-refractivity contribution is 6.11. The number of aliphatic hydroxyl groups is 4. The summed E-state index contributed by atoms with van der Waals surface area (Å²) >= 11 is 0. The zero-order chi connectivity index (χ0) is 44.5. The molecule has 4 spiro atoms. The van der Waals surface area contributed by atoms with E-state index in [1.54, 1.807) is 0 Å². The molecule has 15 heteroatoms. The number of carbonyl (C=O) groups is 2. The fourth-order valence-electron chi connectivity index (χ4n) is 16.7. The molecule has 2 aromatic rings. The maximum absolute atomic E-state index is 12.9.